The van der Waals surface area contributed by atoms with Crippen LogP contribution in [0.3, 0.4) is 0 Å². The molecule has 0 aromatic heterocycles. The van der Waals surface area contributed by atoms with Gasteiger partial charge in [0.2, 0.25) is 0 Å². The van der Waals surface area contributed by atoms with Crippen molar-refractivity contribution in [3.63, 3.8) is 0 Å². The summed E-state index contributed by atoms with van der Waals surface area (Å²) in [4.78, 5) is 14.1. The normalized spacial score (nSPS) is 13.0. The lowest BCUT2D eigenvalue weighted by Gasteiger charge is -2.14. The van der Waals surface area contributed by atoms with Gasteiger partial charge in [0, 0.05) is 41.3 Å². The number of anilines is 3. The number of hydrogen-bond donors (Lipinski definition) is 2. The van der Waals surface area contributed by atoms with Crippen LogP contribution in [0.1, 0.15) is 5.56 Å². The number of fused-ring (bicyclic) bond motifs is 1. The van der Waals surface area contributed by atoms with E-state index in [2.05, 4.69) is 22.1 Å². The van der Waals surface area contributed by atoms with E-state index in [0.29, 0.717) is 10.7 Å². The van der Waals surface area contributed by atoms with E-state index in [-0.39, 0.29) is 6.03 Å². The first-order valence-corrected chi connectivity index (χ1v) is 7.29. The molecule has 0 atom stereocenters. The first-order valence-electron chi connectivity index (χ1n) is 6.91. The zero-order valence-electron chi connectivity index (χ0n) is 12.2. The fourth-order valence-electron chi connectivity index (χ4n) is 2.47. The maximum absolute atomic E-state index is 12.0. The van der Waals surface area contributed by atoms with Crippen LogP contribution in [0.15, 0.2) is 54.7 Å². The van der Waals surface area contributed by atoms with E-state index >= 15 is 0 Å². The predicted molar refractivity (Wildman–Crippen MR) is 91.8 cm³/mol. The number of allylic oxidation sites excluding steroid dienone is 1. The minimum absolute atomic E-state index is 0.285. The molecule has 22 heavy (non-hydrogen) atoms. The lowest BCUT2D eigenvalue weighted by Crippen LogP contribution is -2.19. The molecule has 3 rings (SSSR count). The number of carbonyl (C=O) groups excluding carboxylic acids is 1. The molecule has 1 heterocycles. The lowest BCUT2D eigenvalue weighted by atomic mass is 10.1. The average Bonchev–Trinajstić information content (AvgIpc) is 2.76. The Balaban J connectivity index is 1.69. The van der Waals surface area contributed by atoms with E-state index in [0.717, 1.165) is 29.1 Å². The lowest BCUT2D eigenvalue weighted by molar-refractivity contribution is 0.262. The van der Waals surface area contributed by atoms with Gasteiger partial charge in [-0.2, -0.15) is 0 Å². The topological polar surface area (TPSA) is 44.4 Å². The number of nitrogens with one attached hydrogen (secondary N) is 2. The van der Waals surface area contributed by atoms with Crippen molar-refractivity contribution in [1.29, 1.82) is 0 Å². The summed E-state index contributed by atoms with van der Waals surface area (Å²) in [7, 11) is 1.99. The average molecular weight is 314 g/mol. The number of amides is 2. The van der Waals surface area contributed by atoms with Gasteiger partial charge >= 0.3 is 6.03 Å². The Morgan fingerprint density at radius 1 is 1.14 bits per heavy atom. The zero-order chi connectivity index (χ0) is 15.7. The number of benzene rings is 2. The van der Waals surface area contributed by atoms with Gasteiger partial charge in [0.05, 0.1) is 0 Å². The first kappa shape index (κ1) is 14.5. The molecule has 1 aliphatic heterocycles. The van der Waals surface area contributed by atoms with Crippen LogP contribution in [0, 0.1) is 0 Å². The van der Waals surface area contributed by atoms with Gasteiger partial charge in [-0.15, -0.1) is 0 Å². The Kier molecular flexibility index (Phi) is 3.77. The van der Waals surface area contributed by atoms with Gasteiger partial charge in [-0.05, 0) is 48.0 Å². The highest BCUT2D eigenvalue weighted by Crippen LogP contribution is 2.34. The Bertz CT molecular complexity index is 740. The molecular weight excluding hydrogens is 298 g/mol. The van der Waals surface area contributed by atoms with E-state index in [1.165, 1.54) is 0 Å². The SMILES string of the molecule is C=C1Cc2cc(NC(=O)Nc3ccc(Cl)cc3)ccc2N1C. The Morgan fingerprint density at radius 2 is 1.77 bits per heavy atom. The highest BCUT2D eigenvalue weighted by Gasteiger charge is 2.19. The third kappa shape index (κ3) is 2.92. The maximum Gasteiger partial charge on any atom is 0.323 e. The number of hydrogen-bond acceptors (Lipinski definition) is 2. The summed E-state index contributed by atoms with van der Waals surface area (Å²) < 4.78 is 0. The van der Waals surface area contributed by atoms with E-state index in [1.807, 2.05) is 25.2 Å². The summed E-state index contributed by atoms with van der Waals surface area (Å²) in [5, 5.41) is 6.23. The standard InChI is InChI=1S/C17H16ClN3O/c1-11-9-12-10-15(7-8-16(12)21(11)2)20-17(22)19-14-5-3-13(18)4-6-14/h3-8,10H,1,9H2,2H3,(H2,19,20,22). The summed E-state index contributed by atoms with van der Waals surface area (Å²) in [5.74, 6) is 0. The summed E-state index contributed by atoms with van der Waals surface area (Å²) in [6, 6.07) is 12.5. The Hall–Kier alpha value is -2.46. The highest BCUT2D eigenvalue weighted by atomic mass is 35.5. The van der Waals surface area contributed by atoms with E-state index in [9.17, 15) is 4.79 Å². The van der Waals surface area contributed by atoms with Crippen molar-refractivity contribution in [2.75, 3.05) is 22.6 Å². The number of carbonyl (C=O) groups is 1. The molecule has 0 saturated heterocycles. The van der Waals surface area contributed by atoms with Crippen molar-refractivity contribution < 1.29 is 4.79 Å². The molecule has 0 spiro atoms. The molecule has 0 aliphatic carbocycles. The zero-order valence-corrected chi connectivity index (χ0v) is 12.9. The molecule has 0 unspecified atom stereocenters. The summed E-state index contributed by atoms with van der Waals surface area (Å²) in [5.41, 5.74) is 4.80. The van der Waals surface area contributed by atoms with Crippen LogP contribution < -0.4 is 15.5 Å². The molecule has 0 radical (unpaired) electrons. The number of halogens is 1. The molecule has 2 aromatic rings. The summed E-state index contributed by atoms with van der Waals surface area (Å²) in [6.45, 7) is 4.02. The molecule has 0 saturated carbocycles. The Labute approximate surface area is 134 Å². The van der Waals surface area contributed by atoms with Crippen LogP contribution in [-0.2, 0) is 6.42 Å². The fourth-order valence-corrected chi connectivity index (χ4v) is 2.59. The van der Waals surface area contributed by atoms with Gasteiger partial charge in [-0.25, -0.2) is 4.79 Å². The van der Waals surface area contributed by atoms with Crippen LogP contribution in [0.25, 0.3) is 0 Å². The van der Waals surface area contributed by atoms with Crippen molar-refractivity contribution in [2.24, 2.45) is 0 Å². The largest absolute Gasteiger partial charge is 0.348 e. The van der Waals surface area contributed by atoms with Gasteiger partial charge in [0.1, 0.15) is 0 Å². The van der Waals surface area contributed by atoms with E-state index in [1.54, 1.807) is 24.3 Å². The predicted octanol–water partition coefficient (Wildman–Crippen LogP) is 4.49. The molecule has 2 amide bonds. The highest BCUT2D eigenvalue weighted by molar-refractivity contribution is 6.30. The van der Waals surface area contributed by atoms with Crippen molar-refractivity contribution in [2.45, 2.75) is 6.42 Å². The van der Waals surface area contributed by atoms with Crippen LogP contribution in [0.5, 0.6) is 0 Å². The summed E-state index contributed by atoms with van der Waals surface area (Å²) >= 11 is 5.82. The minimum Gasteiger partial charge on any atom is -0.348 e. The van der Waals surface area contributed by atoms with Crippen molar-refractivity contribution in [1.82, 2.24) is 0 Å². The molecule has 2 N–H and O–H groups in total. The number of nitrogens with zero attached hydrogens (tertiary/aromatic N) is 1. The monoisotopic (exact) mass is 313 g/mol. The van der Waals surface area contributed by atoms with Crippen molar-refractivity contribution >= 4 is 34.7 Å². The number of likely N-dealkylation sites (N-methyl/N-ethyl adjacent to an activating group) is 1. The van der Waals surface area contributed by atoms with Crippen molar-refractivity contribution in [3.05, 3.63) is 65.3 Å². The molecule has 5 heteroatoms. The smallest absolute Gasteiger partial charge is 0.323 e. The number of urea groups is 1. The summed E-state index contributed by atoms with van der Waals surface area (Å²) in [6.07, 6.45) is 0.806. The molecular formula is C17H16ClN3O. The second kappa shape index (κ2) is 5.73. The second-order valence-corrected chi connectivity index (χ2v) is 5.67. The van der Waals surface area contributed by atoms with Gasteiger partial charge < -0.3 is 15.5 Å². The third-order valence-electron chi connectivity index (χ3n) is 3.67. The van der Waals surface area contributed by atoms with Crippen molar-refractivity contribution in [3.8, 4) is 0 Å². The molecule has 2 aromatic carbocycles. The molecule has 1 aliphatic rings. The van der Waals surface area contributed by atoms with E-state index < -0.39 is 0 Å². The van der Waals surface area contributed by atoms with E-state index in [4.69, 9.17) is 11.6 Å². The van der Waals surface area contributed by atoms with Crippen LogP contribution in [-0.4, -0.2) is 13.1 Å². The van der Waals surface area contributed by atoms with Gasteiger partial charge in [0.25, 0.3) is 0 Å². The fraction of sp³-hybridized carbons (Fsp3) is 0.118. The number of rotatable bonds is 2. The van der Waals surface area contributed by atoms with Crippen LogP contribution in [0.4, 0.5) is 21.9 Å². The molecule has 4 nitrogen and oxygen atoms in total. The second-order valence-electron chi connectivity index (χ2n) is 5.23. The maximum atomic E-state index is 12.0. The minimum atomic E-state index is -0.285. The van der Waals surface area contributed by atoms with Gasteiger partial charge in [-0.1, -0.05) is 18.2 Å². The van der Waals surface area contributed by atoms with Gasteiger partial charge in [-0.3, -0.25) is 0 Å². The molecule has 112 valence electrons. The van der Waals surface area contributed by atoms with Crippen LogP contribution in [0.2, 0.25) is 5.02 Å². The van der Waals surface area contributed by atoms with Crippen LogP contribution >= 0.6 is 11.6 Å². The molecule has 0 bridgehead atoms. The van der Waals surface area contributed by atoms with Gasteiger partial charge in [0.15, 0.2) is 0 Å². The molecule has 0 fully saturated rings. The quantitative estimate of drug-likeness (QED) is 0.858. The Morgan fingerprint density at radius 3 is 2.50 bits per heavy atom. The first-order chi connectivity index (χ1) is 10.5. The third-order valence-corrected chi connectivity index (χ3v) is 3.92.